The minimum atomic E-state index is -0.315. The van der Waals surface area contributed by atoms with Gasteiger partial charge < -0.3 is 16.2 Å². The van der Waals surface area contributed by atoms with Crippen LogP contribution in [0.5, 0.6) is 0 Å². The van der Waals surface area contributed by atoms with Crippen molar-refractivity contribution < 1.29 is 5.11 Å². The zero-order valence-electron chi connectivity index (χ0n) is 11.3. The minimum Gasteiger partial charge on any atom is -0.398 e. The lowest BCUT2D eigenvalue weighted by molar-refractivity contribution is 0.114. The molecule has 1 aromatic rings. The summed E-state index contributed by atoms with van der Waals surface area (Å²) in [5, 5.41) is 13.4. The van der Waals surface area contributed by atoms with Gasteiger partial charge in [0, 0.05) is 22.4 Å². The van der Waals surface area contributed by atoms with E-state index in [9.17, 15) is 5.11 Å². The molecule has 3 nitrogen and oxygen atoms in total. The van der Waals surface area contributed by atoms with Crippen LogP contribution in [-0.4, -0.2) is 17.8 Å². The first kappa shape index (κ1) is 15.3. The first-order valence-electron chi connectivity index (χ1n) is 6.47. The molecule has 0 aliphatic carbocycles. The fourth-order valence-corrected chi connectivity index (χ4v) is 2.55. The zero-order valence-corrected chi connectivity index (χ0v) is 12.9. The molecule has 18 heavy (non-hydrogen) atoms. The van der Waals surface area contributed by atoms with E-state index in [2.05, 4.69) is 35.1 Å². The molecule has 0 spiro atoms. The maximum absolute atomic E-state index is 10.1. The van der Waals surface area contributed by atoms with Crippen molar-refractivity contribution in [3.63, 3.8) is 0 Å². The lowest BCUT2D eigenvalue weighted by atomic mass is 9.96. The fourth-order valence-electron chi connectivity index (χ4n) is 2.05. The third kappa shape index (κ3) is 3.89. The number of hydrogen-bond donors (Lipinski definition) is 3. The van der Waals surface area contributed by atoms with Gasteiger partial charge >= 0.3 is 0 Å². The second-order valence-corrected chi connectivity index (χ2v) is 5.57. The molecule has 0 radical (unpaired) electrons. The highest BCUT2D eigenvalue weighted by Crippen LogP contribution is 2.28. The Morgan fingerprint density at radius 3 is 2.50 bits per heavy atom. The Hall–Kier alpha value is -0.740. The summed E-state index contributed by atoms with van der Waals surface area (Å²) in [7, 11) is 0. The standard InChI is InChI=1S/C14H23BrN2O/c1-4-10(5-2)14(18)8-17-13-6-9(3)12(16)7-11(13)15/h6-7,10,14,17-18H,4-5,8,16H2,1-3H3. The quantitative estimate of drug-likeness (QED) is 0.704. The van der Waals surface area contributed by atoms with Crippen molar-refractivity contribution in [2.75, 3.05) is 17.6 Å². The van der Waals surface area contributed by atoms with E-state index < -0.39 is 0 Å². The lowest BCUT2D eigenvalue weighted by Crippen LogP contribution is -2.27. The molecule has 0 bridgehead atoms. The zero-order chi connectivity index (χ0) is 13.7. The number of aryl methyl sites for hydroxylation is 1. The Balaban J connectivity index is 2.66. The molecule has 102 valence electrons. The van der Waals surface area contributed by atoms with Crippen LogP contribution >= 0.6 is 15.9 Å². The number of halogens is 1. The van der Waals surface area contributed by atoms with Gasteiger partial charge in [-0.3, -0.25) is 0 Å². The predicted octanol–water partition coefficient (Wildman–Crippen LogP) is 3.55. The summed E-state index contributed by atoms with van der Waals surface area (Å²) in [6.45, 7) is 6.76. The smallest absolute Gasteiger partial charge is 0.0740 e. The average molecular weight is 315 g/mol. The van der Waals surface area contributed by atoms with E-state index in [4.69, 9.17) is 5.73 Å². The van der Waals surface area contributed by atoms with Crippen LogP contribution in [0, 0.1) is 12.8 Å². The minimum absolute atomic E-state index is 0.315. The summed E-state index contributed by atoms with van der Waals surface area (Å²) in [6, 6.07) is 3.89. The number of anilines is 2. The number of aliphatic hydroxyl groups is 1. The Morgan fingerprint density at radius 1 is 1.33 bits per heavy atom. The molecule has 1 atom stereocenters. The molecular formula is C14H23BrN2O. The summed E-state index contributed by atoms with van der Waals surface area (Å²) < 4.78 is 0.933. The van der Waals surface area contributed by atoms with E-state index in [1.807, 2.05) is 19.1 Å². The Kier molecular flexibility index (Phi) is 5.96. The van der Waals surface area contributed by atoms with E-state index in [0.29, 0.717) is 12.5 Å². The molecular weight excluding hydrogens is 292 g/mol. The fraction of sp³-hybridized carbons (Fsp3) is 0.571. The maximum Gasteiger partial charge on any atom is 0.0740 e. The normalized spacial score (nSPS) is 12.8. The van der Waals surface area contributed by atoms with Crippen molar-refractivity contribution in [2.45, 2.75) is 39.7 Å². The van der Waals surface area contributed by atoms with Gasteiger partial charge in [-0.1, -0.05) is 26.7 Å². The molecule has 0 aromatic heterocycles. The third-order valence-electron chi connectivity index (χ3n) is 3.45. The summed E-state index contributed by atoms with van der Waals surface area (Å²) in [4.78, 5) is 0. The van der Waals surface area contributed by atoms with E-state index in [-0.39, 0.29) is 6.10 Å². The highest BCUT2D eigenvalue weighted by molar-refractivity contribution is 9.10. The van der Waals surface area contributed by atoms with Gasteiger partial charge in [0.15, 0.2) is 0 Å². The molecule has 0 fully saturated rings. The molecule has 0 aliphatic heterocycles. The van der Waals surface area contributed by atoms with E-state index in [0.717, 1.165) is 34.3 Å². The number of nitrogen functional groups attached to an aromatic ring is 1. The lowest BCUT2D eigenvalue weighted by Gasteiger charge is -2.21. The molecule has 1 aromatic carbocycles. The van der Waals surface area contributed by atoms with Crippen LogP contribution in [0.25, 0.3) is 0 Å². The van der Waals surface area contributed by atoms with Crippen molar-refractivity contribution in [1.29, 1.82) is 0 Å². The number of aliphatic hydroxyl groups excluding tert-OH is 1. The number of rotatable bonds is 6. The average Bonchev–Trinajstić information content (AvgIpc) is 2.33. The molecule has 4 heteroatoms. The van der Waals surface area contributed by atoms with Crippen molar-refractivity contribution in [1.82, 2.24) is 0 Å². The monoisotopic (exact) mass is 314 g/mol. The van der Waals surface area contributed by atoms with Crippen LogP contribution in [-0.2, 0) is 0 Å². The predicted molar refractivity (Wildman–Crippen MR) is 81.9 cm³/mol. The molecule has 4 N–H and O–H groups in total. The van der Waals surface area contributed by atoms with Gasteiger partial charge in [-0.2, -0.15) is 0 Å². The van der Waals surface area contributed by atoms with Gasteiger partial charge in [0.2, 0.25) is 0 Å². The molecule has 1 unspecified atom stereocenters. The van der Waals surface area contributed by atoms with Gasteiger partial charge in [0.25, 0.3) is 0 Å². The highest BCUT2D eigenvalue weighted by atomic mass is 79.9. The van der Waals surface area contributed by atoms with Crippen LogP contribution < -0.4 is 11.1 Å². The van der Waals surface area contributed by atoms with Crippen LogP contribution in [0.1, 0.15) is 32.3 Å². The third-order valence-corrected chi connectivity index (χ3v) is 4.11. The number of benzene rings is 1. The first-order chi connectivity index (χ1) is 8.49. The van der Waals surface area contributed by atoms with Crippen LogP contribution in [0.2, 0.25) is 0 Å². The van der Waals surface area contributed by atoms with Crippen molar-refractivity contribution >= 4 is 27.3 Å². The second kappa shape index (κ2) is 7.00. The molecule has 0 saturated heterocycles. The maximum atomic E-state index is 10.1. The second-order valence-electron chi connectivity index (χ2n) is 4.71. The van der Waals surface area contributed by atoms with Gasteiger partial charge in [0.1, 0.15) is 0 Å². The SMILES string of the molecule is CCC(CC)C(O)CNc1cc(C)c(N)cc1Br. The van der Waals surface area contributed by atoms with Gasteiger partial charge in [-0.05, 0) is 46.5 Å². The summed E-state index contributed by atoms with van der Waals surface area (Å²) >= 11 is 3.48. The molecule has 0 saturated carbocycles. The van der Waals surface area contributed by atoms with Gasteiger partial charge in [-0.25, -0.2) is 0 Å². The van der Waals surface area contributed by atoms with Crippen LogP contribution in [0.4, 0.5) is 11.4 Å². The topological polar surface area (TPSA) is 58.3 Å². The summed E-state index contributed by atoms with van der Waals surface area (Å²) in [5.74, 6) is 0.353. The highest BCUT2D eigenvalue weighted by Gasteiger charge is 2.15. The first-order valence-corrected chi connectivity index (χ1v) is 7.26. The van der Waals surface area contributed by atoms with Gasteiger partial charge in [-0.15, -0.1) is 0 Å². The Bertz CT molecular complexity index is 392. The molecule has 1 rings (SSSR count). The Morgan fingerprint density at radius 2 is 1.94 bits per heavy atom. The summed E-state index contributed by atoms with van der Waals surface area (Å²) in [6.07, 6.45) is 1.69. The molecule has 0 aliphatic rings. The number of nitrogens with two attached hydrogens (primary N) is 1. The molecule has 0 amide bonds. The number of nitrogens with one attached hydrogen (secondary N) is 1. The van der Waals surface area contributed by atoms with Crippen molar-refractivity contribution in [3.8, 4) is 0 Å². The largest absolute Gasteiger partial charge is 0.398 e. The van der Waals surface area contributed by atoms with Gasteiger partial charge in [0.05, 0.1) is 6.10 Å². The van der Waals surface area contributed by atoms with Crippen molar-refractivity contribution in [2.24, 2.45) is 5.92 Å². The van der Waals surface area contributed by atoms with Crippen LogP contribution in [0.15, 0.2) is 16.6 Å². The molecule has 0 heterocycles. The van der Waals surface area contributed by atoms with Crippen molar-refractivity contribution in [3.05, 3.63) is 22.2 Å². The number of hydrogen-bond acceptors (Lipinski definition) is 3. The Labute approximate surface area is 118 Å². The van der Waals surface area contributed by atoms with E-state index in [1.54, 1.807) is 0 Å². The summed E-state index contributed by atoms with van der Waals surface area (Å²) in [5.41, 5.74) is 8.62. The van der Waals surface area contributed by atoms with E-state index in [1.165, 1.54) is 0 Å². The van der Waals surface area contributed by atoms with E-state index >= 15 is 0 Å². The van der Waals surface area contributed by atoms with Crippen LogP contribution in [0.3, 0.4) is 0 Å².